The number of rotatable bonds is 5. The lowest BCUT2D eigenvalue weighted by molar-refractivity contribution is -0.121. The highest BCUT2D eigenvalue weighted by Crippen LogP contribution is 2.22. The molecule has 0 radical (unpaired) electrons. The molecule has 0 unspecified atom stereocenters. The van der Waals surface area contributed by atoms with Crippen LogP contribution in [0.2, 0.25) is 0 Å². The number of hydrogen-bond donors (Lipinski definition) is 2. The third kappa shape index (κ3) is 3.36. The van der Waals surface area contributed by atoms with Gasteiger partial charge in [-0.2, -0.15) is 0 Å². The molecule has 2 N–H and O–H groups in total. The average molecular weight is 339 g/mol. The van der Waals surface area contributed by atoms with E-state index >= 15 is 0 Å². The number of nitrogens with one attached hydrogen (secondary N) is 2. The van der Waals surface area contributed by atoms with Crippen LogP contribution in [0.1, 0.15) is 16.8 Å². The van der Waals surface area contributed by atoms with E-state index in [-0.39, 0.29) is 12.3 Å². The number of anilines is 1. The average Bonchev–Trinajstić information content (AvgIpc) is 2.93. The second kappa shape index (κ2) is 7.14. The Balaban J connectivity index is 1.67. The first-order valence-corrected chi connectivity index (χ1v) is 7.72. The molecule has 7 heteroatoms. The summed E-state index contributed by atoms with van der Waals surface area (Å²) < 4.78 is 5.13. The Morgan fingerprint density at radius 2 is 1.76 bits per heavy atom. The molecule has 1 saturated heterocycles. The minimum Gasteiger partial charge on any atom is -0.496 e. The van der Waals surface area contributed by atoms with Gasteiger partial charge in [0.2, 0.25) is 5.91 Å². The van der Waals surface area contributed by atoms with Gasteiger partial charge in [-0.25, -0.2) is 10.3 Å². The Morgan fingerprint density at radius 3 is 2.48 bits per heavy atom. The molecule has 1 heterocycles. The molecule has 0 bridgehead atoms. The molecule has 2 aromatic carbocycles. The number of amides is 3. The van der Waals surface area contributed by atoms with E-state index < -0.39 is 17.9 Å². The molecule has 7 nitrogen and oxygen atoms in total. The van der Waals surface area contributed by atoms with Gasteiger partial charge >= 0.3 is 0 Å². The molecule has 3 rings (SSSR count). The number of hydrogen-bond acceptors (Lipinski definition) is 5. The fourth-order valence-electron chi connectivity index (χ4n) is 2.65. The Kier molecular flexibility index (Phi) is 4.76. The lowest BCUT2D eigenvalue weighted by Crippen LogP contribution is -2.48. The van der Waals surface area contributed by atoms with E-state index in [0.717, 1.165) is 4.90 Å². The molecule has 0 aromatic heterocycles. The van der Waals surface area contributed by atoms with Gasteiger partial charge in [-0.05, 0) is 24.3 Å². The molecule has 2 aromatic rings. The van der Waals surface area contributed by atoms with Crippen molar-refractivity contribution in [2.75, 3.05) is 12.0 Å². The van der Waals surface area contributed by atoms with E-state index in [4.69, 9.17) is 4.74 Å². The van der Waals surface area contributed by atoms with Gasteiger partial charge in [0, 0.05) is 0 Å². The van der Waals surface area contributed by atoms with E-state index in [1.54, 1.807) is 54.6 Å². The van der Waals surface area contributed by atoms with Crippen LogP contribution < -0.4 is 20.5 Å². The maximum absolute atomic E-state index is 12.5. The van der Waals surface area contributed by atoms with E-state index in [2.05, 4.69) is 10.9 Å². The van der Waals surface area contributed by atoms with Crippen molar-refractivity contribution in [3.63, 3.8) is 0 Å². The lowest BCUT2D eigenvalue weighted by Gasteiger charge is -2.16. The summed E-state index contributed by atoms with van der Waals surface area (Å²) in [4.78, 5) is 38.0. The van der Waals surface area contributed by atoms with E-state index in [1.165, 1.54) is 7.11 Å². The number of hydrazine groups is 1. The first-order chi connectivity index (χ1) is 12.1. The van der Waals surface area contributed by atoms with Crippen LogP contribution in [-0.2, 0) is 9.59 Å². The number of carbonyl (C=O) groups excluding carboxylic acids is 3. The molecule has 25 heavy (non-hydrogen) atoms. The molecule has 1 aliphatic heterocycles. The van der Waals surface area contributed by atoms with Gasteiger partial charge in [-0.1, -0.05) is 30.3 Å². The van der Waals surface area contributed by atoms with Gasteiger partial charge in [0.05, 0.1) is 24.8 Å². The lowest BCUT2D eigenvalue weighted by atomic mass is 10.2. The summed E-state index contributed by atoms with van der Waals surface area (Å²) in [6.07, 6.45) is -0.0278. The second-order valence-corrected chi connectivity index (χ2v) is 5.46. The third-order valence-corrected chi connectivity index (χ3v) is 3.87. The molecule has 1 fully saturated rings. The highest BCUT2D eigenvalue weighted by molar-refractivity contribution is 6.22. The molecule has 128 valence electrons. The number of imide groups is 1. The molecule has 3 amide bonds. The third-order valence-electron chi connectivity index (χ3n) is 3.87. The maximum atomic E-state index is 12.5. The first-order valence-electron chi connectivity index (χ1n) is 7.72. The van der Waals surface area contributed by atoms with Gasteiger partial charge < -0.3 is 4.74 Å². The highest BCUT2D eigenvalue weighted by atomic mass is 16.5. The number of nitrogens with zero attached hydrogens (tertiary/aromatic N) is 1. The minimum absolute atomic E-state index is 0.0278. The summed E-state index contributed by atoms with van der Waals surface area (Å²) in [5.41, 5.74) is 5.95. The predicted molar refractivity (Wildman–Crippen MR) is 90.9 cm³/mol. The first kappa shape index (κ1) is 16.7. The molecule has 1 aliphatic rings. The fourth-order valence-corrected chi connectivity index (χ4v) is 2.65. The van der Waals surface area contributed by atoms with E-state index in [9.17, 15) is 14.4 Å². The largest absolute Gasteiger partial charge is 0.496 e. The Morgan fingerprint density at radius 1 is 1.08 bits per heavy atom. The summed E-state index contributed by atoms with van der Waals surface area (Å²) in [6, 6.07) is 14.6. The monoisotopic (exact) mass is 339 g/mol. The number of carbonyl (C=O) groups is 3. The van der Waals surface area contributed by atoms with Gasteiger partial charge in [-0.3, -0.25) is 19.8 Å². The smallest absolute Gasteiger partial charge is 0.269 e. The van der Waals surface area contributed by atoms with Crippen molar-refractivity contribution in [1.82, 2.24) is 10.9 Å². The minimum atomic E-state index is -0.814. The second-order valence-electron chi connectivity index (χ2n) is 5.46. The van der Waals surface area contributed by atoms with Crippen LogP contribution in [0.25, 0.3) is 0 Å². The summed E-state index contributed by atoms with van der Waals surface area (Å²) >= 11 is 0. The quantitative estimate of drug-likeness (QED) is 0.632. The predicted octanol–water partition coefficient (Wildman–Crippen LogP) is 1.26. The standard InChI is InChI=1S/C18H17N3O4/c1-25-15-10-6-5-9-13(15)17(23)20-19-14-11-16(22)21(18(14)24)12-7-3-2-4-8-12/h2-10,14,19H,11H2,1H3,(H,20,23)/t14-/m0/s1. The van der Waals surface area contributed by atoms with Crippen LogP contribution in [0.4, 0.5) is 5.69 Å². The van der Waals surface area contributed by atoms with Gasteiger partial charge in [0.15, 0.2) is 0 Å². The summed E-state index contributed by atoms with van der Waals surface area (Å²) in [5.74, 6) is -0.755. The van der Waals surface area contributed by atoms with Crippen molar-refractivity contribution in [2.45, 2.75) is 12.5 Å². The molecular formula is C18H17N3O4. The zero-order chi connectivity index (χ0) is 17.8. The number of para-hydroxylation sites is 2. The van der Waals surface area contributed by atoms with Crippen LogP contribution >= 0.6 is 0 Å². The zero-order valence-electron chi connectivity index (χ0n) is 13.6. The molecule has 1 atom stereocenters. The SMILES string of the molecule is COc1ccccc1C(=O)NN[C@H]1CC(=O)N(c2ccccc2)C1=O. The molecular weight excluding hydrogens is 322 g/mol. The molecule has 0 saturated carbocycles. The zero-order valence-corrected chi connectivity index (χ0v) is 13.6. The number of methoxy groups -OCH3 is 1. The molecule has 0 aliphatic carbocycles. The Hall–Kier alpha value is -3.19. The van der Waals surface area contributed by atoms with Crippen LogP contribution in [0, 0.1) is 0 Å². The van der Waals surface area contributed by atoms with Crippen molar-refractivity contribution in [2.24, 2.45) is 0 Å². The van der Waals surface area contributed by atoms with E-state index in [1.807, 2.05) is 0 Å². The Bertz CT molecular complexity index is 807. The van der Waals surface area contributed by atoms with Gasteiger partial charge in [-0.15, -0.1) is 0 Å². The van der Waals surface area contributed by atoms with Crippen molar-refractivity contribution >= 4 is 23.4 Å². The van der Waals surface area contributed by atoms with Crippen LogP contribution in [0.3, 0.4) is 0 Å². The highest BCUT2D eigenvalue weighted by Gasteiger charge is 2.39. The Labute approximate surface area is 144 Å². The van der Waals surface area contributed by atoms with E-state index in [0.29, 0.717) is 17.0 Å². The molecule has 0 spiro atoms. The summed E-state index contributed by atoms with van der Waals surface area (Å²) in [5, 5.41) is 0. The van der Waals surface area contributed by atoms with Crippen LogP contribution in [-0.4, -0.2) is 30.9 Å². The van der Waals surface area contributed by atoms with Crippen LogP contribution in [0.5, 0.6) is 5.75 Å². The maximum Gasteiger partial charge on any atom is 0.269 e. The van der Waals surface area contributed by atoms with Crippen molar-refractivity contribution < 1.29 is 19.1 Å². The summed E-state index contributed by atoms with van der Waals surface area (Å²) in [7, 11) is 1.47. The number of ether oxygens (including phenoxy) is 1. The number of benzene rings is 2. The van der Waals surface area contributed by atoms with Gasteiger partial charge in [0.25, 0.3) is 11.8 Å². The topological polar surface area (TPSA) is 87.7 Å². The van der Waals surface area contributed by atoms with Gasteiger partial charge in [0.1, 0.15) is 11.8 Å². The normalized spacial score (nSPS) is 16.8. The van der Waals surface area contributed by atoms with Crippen molar-refractivity contribution in [1.29, 1.82) is 0 Å². The van der Waals surface area contributed by atoms with Crippen molar-refractivity contribution in [3.8, 4) is 5.75 Å². The van der Waals surface area contributed by atoms with Crippen LogP contribution in [0.15, 0.2) is 54.6 Å². The summed E-state index contributed by atoms with van der Waals surface area (Å²) in [6.45, 7) is 0. The fraction of sp³-hybridized carbons (Fsp3) is 0.167. The van der Waals surface area contributed by atoms with Crippen molar-refractivity contribution in [3.05, 3.63) is 60.2 Å².